The van der Waals surface area contributed by atoms with Crippen LogP contribution in [0.2, 0.25) is 0 Å². The first kappa shape index (κ1) is 16.5. The lowest BCUT2D eigenvalue weighted by Crippen LogP contribution is -2.38. The number of alkyl halides is 3. The Morgan fingerprint density at radius 3 is 2.62 bits per heavy atom. The van der Waals surface area contributed by atoms with Crippen molar-refractivity contribution in [2.24, 2.45) is 14.1 Å². The number of halogens is 3. The van der Waals surface area contributed by atoms with E-state index in [-0.39, 0.29) is 11.3 Å². The van der Waals surface area contributed by atoms with Gasteiger partial charge in [-0.3, -0.25) is 14.2 Å². The molecule has 24 heavy (non-hydrogen) atoms. The Morgan fingerprint density at radius 2 is 2.00 bits per heavy atom. The van der Waals surface area contributed by atoms with Gasteiger partial charge in [0, 0.05) is 37.1 Å². The van der Waals surface area contributed by atoms with Crippen LogP contribution >= 0.6 is 0 Å². The summed E-state index contributed by atoms with van der Waals surface area (Å²) in [5.74, 6) is -0.806. The Hall–Kier alpha value is -2.32. The van der Waals surface area contributed by atoms with Gasteiger partial charge in [-0.15, -0.1) is 0 Å². The molecule has 1 aliphatic rings. The molecule has 1 N–H and O–H groups in total. The molecule has 0 bridgehead atoms. The molecule has 0 saturated heterocycles. The number of carbonyl (C=O) groups excluding carboxylic acids is 1. The highest BCUT2D eigenvalue weighted by atomic mass is 19.4. The van der Waals surface area contributed by atoms with E-state index in [1.165, 1.54) is 17.9 Å². The quantitative estimate of drug-likeness (QED) is 0.929. The van der Waals surface area contributed by atoms with Gasteiger partial charge >= 0.3 is 6.18 Å². The van der Waals surface area contributed by atoms with Crippen molar-refractivity contribution in [3.8, 4) is 0 Å². The Bertz CT molecular complexity index is 762. The minimum atomic E-state index is -4.62. The average Bonchev–Trinajstić information content (AvgIpc) is 3.08. The van der Waals surface area contributed by atoms with Crippen LogP contribution in [-0.4, -0.2) is 31.6 Å². The van der Waals surface area contributed by atoms with Crippen LogP contribution in [0.5, 0.6) is 0 Å². The van der Waals surface area contributed by atoms with E-state index in [0.717, 1.165) is 36.7 Å². The number of fused-ring (bicyclic) bond motifs is 1. The number of hydrogen-bond acceptors (Lipinski definition) is 3. The Kier molecular flexibility index (Phi) is 4.10. The number of nitrogens with zero attached hydrogens (tertiary/aromatic N) is 4. The molecule has 1 atom stereocenters. The van der Waals surface area contributed by atoms with Crippen molar-refractivity contribution in [1.82, 2.24) is 24.9 Å². The molecule has 0 spiro atoms. The summed E-state index contributed by atoms with van der Waals surface area (Å²) in [5.41, 5.74) is 1.66. The van der Waals surface area contributed by atoms with E-state index in [0.29, 0.717) is 6.42 Å². The van der Waals surface area contributed by atoms with Gasteiger partial charge in [0.15, 0.2) is 11.7 Å². The number of rotatable bonds is 3. The standard InChI is InChI=1S/C15H18F3N5O/c1-22-8-9(7-19-22)13(15(16,17)18)20-14(24)12-10-5-3-4-6-11(10)23(2)21-12/h7-8,13H,3-6H2,1-2H3,(H,20,24). The summed E-state index contributed by atoms with van der Waals surface area (Å²) in [6, 6.07) is -2.11. The third kappa shape index (κ3) is 3.02. The minimum Gasteiger partial charge on any atom is -0.335 e. The minimum absolute atomic E-state index is 0.0883. The lowest BCUT2D eigenvalue weighted by atomic mass is 9.95. The lowest BCUT2D eigenvalue weighted by molar-refractivity contribution is -0.155. The predicted octanol–water partition coefficient (Wildman–Crippen LogP) is 2.07. The molecule has 2 aromatic heterocycles. The van der Waals surface area contributed by atoms with Crippen molar-refractivity contribution in [3.05, 3.63) is 34.9 Å². The maximum Gasteiger partial charge on any atom is 0.413 e. The zero-order valence-corrected chi connectivity index (χ0v) is 13.4. The van der Waals surface area contributed by atoms with Crippen LogP contribution in [0.3, 0.4) is 0 Å². The van der Waals surface area contributed by atoms with Crippen LogP contribution in [-0.2, 0) is 26.9 Å². The van der Waals surface area contributed by atoms with Crippen LogP contribution < -0.4 is 5.32 Å². The van der Waals surface area contributed by atoms with E-state index in [1.54, 1.807) is 11.7 Å². The summed E-state index contributed by atoms with van der Waals surface area (Å²) in [6.07, 6.45) is 1.08. The number of amides is 1. The molecule has 1 unspecified atom stereocenters. The van der Waals surface area contributed by atoms with Crippen molar-refractivity contribution >= 4 is 5.91 Å². The average molecular weight is 341 g/mol. The van der Waals surface area contributed by atoms with E-state index in [2.05, 4.69) is 15.5 Å². The smallest absolute Gasteiger partial charge is 0.335 e. The van der Waals surface area contributed by atoms with Gasteiger partial charge in [-0.25, -0.2) is 0 Å². The molecule has 1 aliphatic carbocycles. The Balaban J connectivity index is 1.89. The third-order valence-electron chi connectivity index (χ3n) is 4.24. The summed E-state index contributed by atoms with van der Waals surface area (Å²) < 4.78 is 42.9. The number of aryl methyl sites for hydroxylation is 2. The molecule has 0 saturated carbocycles. The first-order chi connectivity index (χ1) is 11.3. The largest absolute Gasteiger partial charge is 0.413 e. The highest BCUT2D eigenvalue weighted by Gasteiger charge is 2.43. The molecule has 6 nitrogen and oxygen atoms in total. The summed E-state index contributed by atoms with van der Waals surface area (Å²) >= 11 is 0. The second-order valence-electron chi connectivity index (χ2n) is 6.00. The van der Waals surface area contributed by atoms with Crippen LogP contribution in [0.1, 0.15) is 46.2 Å². The highest BCUT2D eigenvalue weighted by molar-refractivity contribution is 5.94. The number of nitrogens with one attached hydrogen (secondary N) is 1. The SMILES string of the molecule is Cn1cc(C(NC(=O)c2nn(C)c3c2CCCC3)C(F)(F)F)cn1. The third-order valence-corrected chi connectivity index (χ3v) is 4.24. The molecule has 0 aliphatic heterocycles. The van der Waals surface area contributed by atoms with Crippen LogP contribution in [0, 0.1) is 0 Å². The zero-order valence-electron chi connectivity index (χ0n) is 13.4. The molecule has 1 amide bonds. The predicted molar refractivity (Wildman–Crippen MR) is 79.3 cm³/mol. The van der Waals surface area contributed by atoms with Gasteiger partial charge in [-0.2, -0.15) is 23.4 Å². The highest BCUT2D eigenvalue weighted by Crippen LogP contribution is 2.33. The van der Waals surface area contributed by atoms with E-state index in [1.807, 2.05) is 0 Å². The van der Waals surface area contributed by atoms with Gasteiger partial charge in [0.05, 0.1) is 6.20 Å². The van der Waals surface area contributed by atoms with Gasteiger partial charge in [-0.05, 0) is 25.7 Å². The molecule has 130 valence electrons. The summed E-state index contributed by atoms with van der Waals surface area (Å²) in [6.45, 7) is 0. The topological polar surface area (TPSA) is 64.7 Å². The zero-order chi connectivity index (χ0) is 17.5. The normalized spacial score (nSPS) is 15.9. The van der Waals surface area contributed by atoms with Gasteiger partial charge in [0.1, 0.15) is 0 Å². The fraction of sp³-hybridized carbons (Fsp3) is 0.533. The maximum atomic E-state index is 13.4. The van der Waals surface area contributed by atoms with Gasteiger partial charge < -0.3 is 5.32 Å². The lowest BCUT2D eigenvalue weighted by Gasteiger charge is -2.20. The van der Waals surface area contributed by atoms with Crippen molar-refractivity contribution in [3.63, 3.8) is 0 Å². The van der Waals surface area contributed by atoms with Gasteiger partial charge in [0.2, 0.25) is 0 Å². The first-order valence-corrected chi connectivity index (χ1v) is 7.68. The molecule has 9 heteroatoms. The molecule has 2 aromatic rings. The number of carbonyl (C=O) groups is 1. The molecule has 0 radical (unpaired) electrons. The van der Waals surface area contributed by atoms with Crippen LogP contribution in [0.25, 0.3) is 0 Å². The fourth-order valence-corrected chi connectivity index (χ4v) is 3.10. The molecule has 0 aromatic carbocycles. The van der Waals surface area contributed by atoms with E-state index >= 15 is 0 Å². The molecule has 3 rings (SSSR count). The van der Waals surface area contributed by atoms with Gasteiger partial charge in [-0.1, -0.05) is 0 Å². The van der Waals surface area contributed by atoms with Crippen molar-refractivity contribution in [2.75, 3.05) is 0 Å². The molecular formula is C15H18F3N5O. The fourth-order valence-electron chi connectivity index (χ4n) is 3.10. The monoisotopic (exact) mass is 341 g/mol. The second-order valence-corrected chi connectivity index (χ2v) is 6.00. The van der Waals surface area contributed by atoms with Crippen LogP contribution in [0.4, 0.5) is 13.2 Å². The van der Waals surface area contributed by atoms with Crippen LogP contribution in [0.15, 0.2) is 12.4 Å². The Morgan fingerprint density at radius 1 is 1.29 bits per heavy atom. The summed E-state index contributed by atoms with van der Waals surface area (Å²) in [5, 5.41) is 9.97. The first-order valence-electron chi connectivity index (χ1n) is 7.68. The number of hydrogen-bond donors (Lipinski definition) is 1. The van der Waals surface area contributed by atoms with E-state index in [4.69, 9.17) is 0 Å². The molecular weight excluding hydrogens is 323 g/mol. The molecule has 0 fully saturated rings. The summed E-state index contributed by atoms with van der Waals surface area (Å²) in [7, 11) is 3.23. The Labute approximate surface area is 136 Å². The van der Waals surface area contributed by atoms with Gasteiger partial charge in [0.25, 0.3) is 5.91 Å². The second kappa shape index (κ2) is 5.95. The van der Waals surface area contributed by atoms with Crippen molar-refractivity contribution in [2.45, 2.75) is 37.9 Å². The summed E-state index contributed by atoms with van der Waals surface area (Å²) in [4.78, 5) is 12.5. The number of aromatic nitrogens is 4. The maximum absolute atomic E-state index is 13.4. The van der Waals surface area contributed by atoms with E-state index in [9.17, 15) is 18.0 Å². The van der Waals surface area contributed by atoms with Crippen molar-refractivity contribution < 1.29 is 18.0 Å². The van der Waals surface area contributed by atoms with E-state index < -0.39 is 18.1 Å². The molecule has 2 heterocycles. The van der Waals surface area contributed by atoms with Crippen molar-refractivity contribution in [1.29, 1.82) is 0 Å².